The van der Waals surface area contributed by atoms with Crippen LogP contribution in [0.1, 0.15) is 51.9 Å². The molecule has 0 rings (SSSR count). The first-order chi connectivity index (χ1) is 12.2. The Hall–Kier alpha value is -2.13. The largest absolute Gasteiger partial charge is 0.481 e. The highest BCUT2D eigenvalue weighted by Gasteiger charge is 1.90. The van der Waals surface area contributed by atoms with Crippen molar-refractivity contribution >= 4 is 5.97 Å². The molecule has 0 fully saturated rings. The molecular formula is C22H32O3. The first kappa shape index (κ1) is 22.9. The lowest BCUT2D eigenvalue weighted by Gasteiger charge is -1.95. The van der Waals surface area contributed by atoms with Crippen LogP contribution in [0, 0.1) is 0 Å². The third kappa shape index (κ3) is 19.8. The van der Waals surface area contributed by atoms with E-state index < -0.39 is 5.97 Å². The van der Waals surface area contributed by atoms with Crippen LogP contribution in [-0.2, 0) is 4.79 Å². The van der Waals surface area contributed by atoms with Crippen molar-refractivity contribution in [3.8, 4) is 0 Å². The third-order valence-corrected chi connectivity index (χ3v) is 3.28. The molecule has 0 aliphatic heterocycles. The van der Waals surface area contributed by atoms with E-state index in [0.717, 1.165) is 32.1 Å². The van der Waals surface area contributed by atoms with Gasteiger partial charge in [0, 0.05) is 6.42 Å². The minimum atomic E-state index is -0.751. The molecule has 0 spiro atoms. The standard InChI is InChI=1S/C22H32O3/c1-2-21(23)19-17-15-13-11-9-7-5-3-4-6-8-10-12-14-16-18-20-22(24)25/h3-4,7-10,13-17,19,21,23H,2,5-6,11-12,18,20H2,1H3,(H,24,25). The zero-order valence-corrected chi connectivity index (χ0v) is 15.3. The van der Waals surface area contributed by atoms with E-state index in [1.807, 2.05) is 31.2 Å². The maximum atomic E-state index is 10.3. The van der Waals surface area contributed by atoms with E-state index in [-0.39, 0.29) is 12.5 Å². The van der Waals surface area contributed by atoms with Crippen LogP contribution in [0.2, 0.25) is 0 Å². The van der Waals surface area contributed by atoms with Crippen LogP contribution in [0.25, 0.3) is 0 Å². The van der Waals surface area contributed by atoms with Gasteiger partial charge in [-0.15, -0.1) is 0 Å². The van der Waals surface area contributed by atoms with Crippen molar-refractivity contribution in [3.63, 3.8) is 0 Å². The summed E-state index contributed by atoms with van der Waals surface area (Å²) in [6.45, 7) is 1.95. The highest BCUT2D eigenvalue weighted by atomic mass is 16.4. The van der Waals surface area contributed by atoms with E-state index in [2.05, 4.69) is 42.5 Å². The lowest BCUT2D eigenvalue weighted by Crippen LogP contribution is -1.97. The summed E-state index contributed by atoms with van der Waals surface area (Å²) in [4.78, 5) is 10.3. The Morgan fingerprint density at radius 2 is 1.28 bits per heavy atom. The molecule has 3 heteroatoms. The van der Waals surface area contributed by atoms with Gasteiger partial charge >= 0.3 is 5.97 Å². The summed E-state index contributed by atoms with van der Waals surface area (Å²) in [6, 6.07) is 0. The lowest BCUT2D eigenvalue weighted by atomic mass is 10.2. The molecule has 0 aliphatic rings. The molecule has 1 unspecified atom stereocenters. The molecule has 3 nitrogen and oxygen atoms in total. The molecule has 0 radical (unpaired) electrons. The SMILES string of the molecule is CCC(O)C=CC=CCC=CCC=CCC=CCC=CCCC(=O)O. The molecule has 0 saturated heterocycles. The van der Waals surface area contributed by atoms with Gasteiger partial charge in [-0.25, -0.2) is 0 Å². The molecule has 0 amide bonds. The van der Waals surface area contributed by atoms with Gasteiger partial charge in [-0.2, -0.15) is 0 Å². The molecule has 138 valence electrons. The fourth-order valence-corrected chi connectivity index (χ4v) is 1.80. The van der Waals surface area contributed by atoms with Gasteiger partial charge in [0.05, 0.1) is 6.10 Å². The minimum absolute atomic E-state index is 0.199. The Kier molecular flexibility index (Phi) is 16.7. The van der Waals surface area contributed by atoms with Crippen molar-refractivity contribution in [2.24, 2.45) is 0 Å². The monoisotopic (exact) mass is 344 g/mol. The summed E-state index contributed by atoms with van der Waals surface area (Å²) in [7, 11) is 0. The maximum absolute atomic E-state index is 10.3. The predicted octanol–water partition coefficient (Wildman–Crippen LogP) is 5.52. The molecule has 1 atom stereocenters. The highest BCUT2D eigenvalue weighted by molar-refractivity contribution is 5.66. The second-order valence-corrected chi connectivity index (χ2v) is 5.55. The number of rotatable bonds is 14. The van der Waals surface area contributed by atoms with E-state index in [1.165, 1.54) is 0 Å². The van der Waals surface area contributed by atoms with Gasteiger partial charge in [0.25, 0.3) is 0 Å². The Morgan fingerprint density at radius 3 is 1.76 bits per heavy atom. The summed E-state index contributed by atoms with van der Waals surface area (Å²) >= 11 is 0. The van der Waals surface area contributed by atoms with Crippen molar-refractivity contribution in [2.75, 3.05) is 0 Å². The number of aliphatic hydroxyl groups is 1. The number of allylic oxidation sites excluding steroid dienone is 11. The number of hydrogen-bond donors (Lipinski definition) is 2. The summed E-state index contributed by atoms with van der Waals surface area (Å²) in [5, 5.41) is 17.8. The number of carboxylic acid groups (broad SMARTS) is 1. The first-order valence-electron chi connectivity index (χ1n) is 9.00. The Morgan fingerprint density at radius 1 is 0.800 bits per heavy atom. The average Bonchev–Trinajstić information content (AvgIpc) is 2.60. The van der Waals surface area contributed by atoms with Gasteiger partial charge in [-0.05, 0) is 38.5 Å². The van der Waals surface area contributed by atoms with Crippen molar-refractivity contribution in [1.82, 2.24) is 0 Å². The summed E-state index contributed by atoms with van der Waals surface area (Å²) in [5.41, 5.74) is 0. The van der Waals surface area contributed by atoms with Crippen LogP contribution in [0.3, 0.4) is 0 Å². The normalized spacial score (nSPS) is 14.3. The lowest BCUT2D eigenvalue weighted by molar-refractivity contribution is -0.136. The minimum Gasteiger partial charge on any atom is -0.481 e. The van der Waals surface area contributed by atoms with Gasteiger partial charge in [0.2, 0.25) is 0 Å². The fraction of sp³-hybridized carbons (Fsp3) is 0.409. The summed E-state index contributed by atoms with van der Waals surface area (Å²) in [5.74, 6) is -0.751. The first-order valence-corrected chi connectivity index (χ1v) is 9.00. The molecule has 25 heavy (non-hydrogen) atoms. The van der Waals surface area contributed by atoms with Gasteiger partial charge in [0.15, 0.2) is 0 Å². The molecule has 0 aromatic carbocycles. The van der Waals surface area contributed by atoms with Crippen LogP contribution >= 0.6 is 0 Å². The number of carbonyl (C=O) groups is 1. The summed E-state index contributed by atoms with van der Waals surface area (Å²) < 4.78 is 0. The number of hydrogen-bond acceptors (Lipinski definition) is 2. The zero-order valence-electron chi connectivity index (χ0n) is 15.3. The molecule has 0 saturated carbocycles. The molecule has 2 N–H and O–H groups in total. The highest BCUT2D eigenvalue weighted by Crippen LogP contribution is 1.97. The van der Waals surface area contributed by atoms with Crippen LogP contribution in [-0.4, -0.2) is 22.3 Å². The molecule has 0 aromatic rings. The van der Waals surface area contributed by atoms with Crippen molar-refractivity contribution in [3.05, 3.63) is 72.9 Å². The van der Waals surface area contributed by atoms with E-state index in [1.54, 1.807) is 6.08 Å². The van der Waals surface area contributed by atoms with Crippen LogP contribution in [0.15, 0.2) is 72.9 Å². The van der Waals surface area contributed by atoms with E-state index in [0.29, 0.717) is 6.42 Å². The quantitative estimate of drug-likeness (QED) is 0.322. The fourth-order valence-electron chi connectivity index (χ4n) is 1.80. The second-order valence-electron chi connectivity index (χ2n) is 5.55. The zero-order chi connectivity index (χ0) is 18.6. The van der Waals surface area contributed by atoms with Crippen LogP contribution in [0.5, 0.6) is 0 Å². The van der Waals surface area contributed by atoms with E-state index in [4.69, 9.17) is 5.11 Å². The Bertz CT molecular complexity index is 493. The van der Waals surface area contributed by atoms with Crippen LogP contribution in [0.4, 0.5) is 0 Å². The molecule has 0 bridgehead atoms. The van der Waals surface area contributed by atoms with Crippen molar-refractivity contribution in [1.29, 1.82) is 0 Å². The van der Waals surface area contributed by atoms with Gasteiger partial charge < -0.3 is 10.2 Å². The topological polar surface area (TPSA) is 57.5 Å². The van der Waals surface area contributed by atoms with Gasteiger partial charge in [-0.1, -0.05) is 79.8 Å². The second kappa shape index (κ2) is 18.2. The molecule has 0 heterocycles. The van der Waals surface area contributed by atoms with Crippen LogP contribution < -0.4 is 0 Å². The summed E-state index contributed by atoms with van der Waals surface area (Å²) in [6.07, 6.45) is 29.2. The Labute approximate surface area is 152 Å². The van der Waals surface area contributed by atoms with Gasteiger partial charge in [0.1, 0.15) is 0 Å². The maximum Gasteiger partial charge on any atom is 0.303 e. The third-order valence-electron chi connectivity index (χ3n) is 3.28. The van der Waals surface area contributed by atoms with E-state index in [9.17, 15) is 9.90 Å². The average molecular weight is 344 g/mol. The number of aliphatic hydroxyl groups excluding tert-OH is 1. The Balaban J connectivity index is 3.59. The molecular weight excluding hydrogens is 312 g/mol. The van der Waals surface area contributed by atoms with Gasteiger partial charge in [-0.3, -0.25) is 4.79 Å². The predicted molar refractivity (Wildman–Crippen MR) is 106 cm³/mol. The van der Waals surface area contributed by atoms with Crippen molar-refractivity contribution in [2.45, 2.75) is 58.0 Å². The van der Waals surface area contributed by atoms with Crippen molar-refractivity contribution < 1.29 is 15.0 Å². The van der Waals surface area contributed by atoms with E-state index >= 15 is 0 Å². The smallest absolute Gasteiger partial charge is 0.303 e. The molecule has 0 aromatic heterocycles. The number of aliphatic carboxylic acids is 1. The molecule has 0 aliphatic carbocycles. The number of carboxylic acids is 1.